The number of aromatic nitrogens is 4. The summed E-state index contributed by atoms with van der Waals surface area (Å²) in [6.07, 6.45) is 1.45. The minimum Gasteiger partial charge on any atom is -0.361 e. The quantitative estimate of drug-likeness (QED) is 0.580. The predicted molar refractivity (Wildman–Crippen MR) is 82.6 cm³/mol. The third-order valence-electron chi connectivity index (χ3n) is 3.39. The first-order chi connectivity index (χ1) is 10.8. The molecule has 2 aromatic heterocycles. The third-order valence-corrected chi connectivity index (χ3v) is 3.39. The molecule has 1 amide bonds. The number of nitrogens with zero attached hydrogens (tertiary/aromatic N) is 3. The first kappa shape index (κ1) is 12.6. The number of fused-ring (bicyclic) bond motifs is 2. The fourth-order valence-electron chi connectivity index (χ4n) is 2.38. The van der Waals surface area contributed by atoms with Gasteiger partial charge in [0, 0.05) is 0 Å². The topological polar surface area (TPSA) is 108 Å². The number of hydrogen-bond donors (Lipinski definition) is 4. The van der Waals surface area contributed by atoms with Crippen LogP contribution in [0.25, 0.3) is 11.0 Å². The van der Waals surface area contributed by atoms with Gasteiger partial charge in [-0.15, -0.1) is 0 Å². The van der Waals surface area contributed by atoms with Gasteiger partial charge in [-0.2, -0.15) is 0 Å². The van der Waals surface area contributed by atoms with Crippen molar-refractivity contribution in [2.45, 2.75) is 6.54 Å². The maximum Gasteiger partial charge on any atom is 0.243 e. The molecule has 0 fully saturated rings. The highest BCUT2D eigenvalue weighted by atomic mass is 16.2. The Bertz CT molecular complexity index is 824. The Labute approximate surface area is 125 Å². The van der Waals surface area contributed by atoms with Gasteiger partial charge in [-0.1, -0.05) is 12.1 Å². The highest BCUT2D eigenvalue weighted by Crippen LogP contribution is 2.28. The van der Waals surface area contributed by atoms with Crippen molar-refractivity contribution in [3.8, 4) is 0 Å². The average Bonchev–Trinajstić information content (AvgIpc) is 2.95. The van der Waals surface area contributed by atoms with Gasteiger partial charge in [0.2, 0.25) is 5.91 Å². The molecule has 0 spiro atoms. The number of rotatable bonds is 3. The molecule has 22 heavy (non-hydrogen) atoms. The molecule has 4 N–H and O–H groups in total. The molecule has 0 radical (unpaired) electrons. The van der Waals surface area contributed by atoms with Crippen molar-refractivity contribution in [2.75, 3.05) is 22.5 Å². The van der Waals surface area contributed by atoms with E-state index in [9.17, 15) is 4.79 Å². The standard InChI is InChI=1S/C14H13N7O/c22-11-6-16-14-12(21-11)13(17-7-18-14)15-5-10-19-8-3-1-2-4-9(8)20-10/h1-4,7H,5-6H2,(H,19,20)(H,21,22)(H2,15,16,17,18). The van der Waals surface area contributed by atoms with Gasteiger partial charge in [0.15, 0.2) is 11.6 Å². The number of H-pyrrole nitrogens is 1. The van der Waals surface area contributed by atoms with Crippen LogP contribution in [0, 0.1) is 0 Å². The zero-order valence-corrected chi connectivity index (χ0v) is 11.6. The van der Waals surface area contributed by atoms with E-state index in [0.717, 1.165) is 16.9 Å². The van der Waals surface area contributed by atoms with Crippen molar-refractivity contribution in [1.82, 2.24) is 19.9 Å². The largest absolute Gasteiger partial charge is 0.361 e. The molecule has 1 aliphatic heterocycles. The minimum absolute atomic E-state index is 0.117. The van der Waals surface area contributed by atoms with E-state index in [1.54, 1.807) is 0 Å². The number of anilines is 3. The minimum atomic E-state index is -0.117. The van der Waals surface area contributed by atoms with Gasteiger partial charge in [-0.3, -0.25) is 4.79 Å². The number of carbonyl (C=O) groups excluding carboxylic acids is 1. The van der Waals surface area contributed by atoms with Crippen LogP contribution in [0.15, 0.2) is 30.6 Å². The molecular formula is C14H13N7O. The fourth-order valence-corrected chi connectivity index (χ4v) is 2.38. The summed E-state index contributed by atoms with van der Waals surface area (Å²) in [6, 6.07) is 7.83. The zero-order valence-electron chi connectivity index (χ0n) is 11.6. The van der Waals surface area contributed by atoms with E-state index in [-0.39, 0.29) is 12.5 Å². The van der Waals surface area contributed by atoms with Gasteiger partial charge in [-0.05, 0) is 12.1 Å². The van der Waals surface area contributed by atoms with E-state index < -0.39 is 0 Å². The number of aromatic amines is 1. The summed E-state index contributed by atoms with van der Waals surface area (Å²) in [7, 11) is 0. The van der Waals surface area contributed by atoms with Crippen LogP contribution in [0.1, 0.15) is 5.82 Å². The van der Waals surface area contributed by atoms with E-state index in [1.807, 2.05) is 24.3 Å². The summed E-state index contributed by atoms with van der Waals surface area (Å²) in [4.78, 5) is 27.5. The lowest BCUT2D eigenvalue weighted by atomic mass is 10.3. The zero-order chi connectivity index (χ0) is 14.9. The molecule has 0 atom stereocenters. The molecular weight excluding hydrogens is 282 g/mol. The Hall–Kier alpha value is -3.16. The van der Waals surface area contributed by atoms with Crippen LogP contribution in [-0.2, 0) is 11.3 Å². The van der Waals surface area contributed by atoms with Gasteiger partial charge in [0.1, 0.15) is 17.8 Å². The lowest BCUT2D eigenvalue weighted by Gasteiger charge is -2.19. The van der Waals surface area contributed by atoms with Crippen molar-refractivity contribution >= 4 is 34.3 Å². The van der Waals surface area contributed by atoms with Crippen LogP contribution >= 0.6 is 0 Å². The van der Waals surface area contributed by atoms with Gasteiger partial charge in [-0.25, -0.2) is 15.0 Å². The highest BCUT2D eigenvalue weighted by molar-refractivity contribution is 6.02. The molecule has 3 aromatic rings. The summed E-state index contributed by atoms with van der Waals surface area (Å²) in [5.74, 6) is 1.85. The Morgan fingerprint density at radius 3 is 3.05 bits per heavy atom. The van der Waals surface area contributed by atoms with Gasteiger partial charge in [0.25, 0.3) is 0 Å². The number of para-hydroxylation sites is 2. The summed E-state index contributed by atoms with van der Waals surface area (Å²) in [6.45, 7) is 0.682. The lowest BCUT2D eigenvalue weighted by Crippen LogP contribution is -2.29. The predicted octanol–water partition coefficient (Wildman–Crippen LogP) is 1.33. The van der Waals surface area contributed by atoms with Crippen molar-refractivity contribution in [3.63, 3.8) is 0 Å². The highest BCUT2D eigenvalue weighted by Gasteiger charge is 2.19. The van der Waals surface area contributed by atoms with E-state index in [2.05, 4.69) is 35.9 Å². The average molecular weight is 295 g/mol. The Morgan fingerprint density at radius 1 is 1.23 bits per heavy atom. The second kappa shape index (κ2) is 4.99. The molecule has 3 heterocycles. The second-order valence-corrected chi connectivity index (χ2v) is 4.90. The van der Waals surface area contributed by atoms with Crippen molar-refractivity contribution in [3.05, 3.63) is 36.4 Å². The molecule has 8 nitrogen and oxygen atoms in total. The monoisotopic (exact) mass is 295 g/mol. The van der Waals surface area contributed by atoms with Gasteiger partial charge < -0.3 is 20.9 Å². The van der Waals surface area contributed by atoms with E-state index >= 15 is 0 Å². The number of nitrogens with one attached hydrogen (secondary N) is 4. The summed E-state index contributed by atoms with van der Waals surface area (Å²) >= 11 is 0. The first-order valence-corrected chi connectivity index (χ1v) is 6.86. The molecule has 0 aliphatic carbocycles. The van der Waals surface area contributed by atoms with Crippen molar-refractivity contribution in [2.24, 2.45) is 0 Å². The van der Waals surface area contributed by atoms with Crippen LogP contribution in [0.2, 0.25) is 0 Å². The summed E-state index contributed by atoms with van der Waals surface area (Å²) < 4.78 is 0. The van der Waals surface area contributed by atoms with E-state index in [0.29, 0.717) is 23.9 Å². The number of amides is 1. The lowest BCUT2D eigenvalue weighted by molar-refractivity contribution is -0.114. The molecule has 1 aliphatic rings. The molecule has 1 aromatic carbocycles. The van der Waals surface area contributed by atoms with E-state index in [1.165, 1.54) is 6.33 Å². The molecule has 0 unspecified atom stereocenters. The van der Waals surface area contributed by atoms with Crippen LogP contribution < -0.4 is 16.0 Å². The van der Waals surface area contributed by atoms with Gasteiger partial charge >= 0.3 is 0 Å². The SMILES string of the molecule is O=C1CNc2ncnc(NCc3nc4ccccc4[nH]3)c2N1. The number of imidazole rings is 1. The van der Waals surface area contributed by atoms with Crippen LogP contribution in [-0.4, -0.2) is 32.4 Å². The Balaban J connectivity index is 1.58. The van der Waals surface area contributed by atoms with Crippen LogP contribution in [0.4, 0.5) is 17.3 Å². The molecule has 0 bridgehead atoms. The molecule has 4 rings (SSSR count). The maximum atomic E-state index is 11.5. The normalized spacial score (nSPS) is 13.4. The van der Waals surface area contributed by atoms with Crippen molar-refractivity contribution < 1.29 is 4.79 Å². The first-order valence-electron chi connectivity index (χ1n) is 6.86. The summed E-state index contributed by atoms with van der Waals surface area (Å²) in [5.41, 5.74) is 2.47. The van der Waals surface area contributed by atoms with Crippen LogP contribution in [0.5, 0.6) is 0 Å². The molecule has 110 valence electrons. The number of benzene rings is 1. The molecule has 0 saturated heterocycles. The van der Waals surface area contributed by atoms with Crippen LogP contribution in [0.3, 0.4) is 0 Å². The Morgan fingerprint density at radius 2 is 2.14 bits per heavy atom. The molecule has 8 heteroatoms. The smallest absolute Gasteiger partial charge is 0.243 e. The fraction of sp³-hybridized carbons (Fsp3) is 0.143. The maximum absolute atomic E-state index is 11.5. The molecule has 0 saturated carbocycles. The second-order valence-electron chi connectivity index (χ2n) is 4.90. The third kappa shape index (κ3) is 2.20. The summed E-state index contributed by atoms with van der Waals surface area (Å²) in [5, 5.41) is 8.89. The number of carbonyl (C=O) groups is 1. The van der Waals surface area contributed by atoms with Crippen molar-refractivity contribution in [1.29, 1.82) is 0 Å². The number of hydrogen-bond acceptors (Lipinski definition) is 6. The van der Waals surface area contributed by atoms with E-state index in [4.69, 9.17) is 0 Å². The Kier molecular flexibility index (Phi) is 2.85. The van der Waals surface area contributed by atoms with Gasteiger partial charge in [0.05, 0.1) is 24.1 Å².